The number of aliphatic hydroxyl groups excluding tert-OH is 1. The van der Waals surface area contributed by atoms with Gasteiger partial charge in [0.25, 0.3) is 0 Å². The number of nitrogens with zero attached hydrogens (tertiary/aromatic N) is 1. The standard InChI is InChI=1S/C15H22Cl2N2O/c1-19-6-2-3-11(10-19)8-18-9-15(20)13-7-12(16)4-5-14(13)17/h4-5,7,11,15,18,20H,2-3,6,8-10H2,1H3. The van der Waals surface area contributed by atoms with Gasteiger partial charge >= 0.3 is 0 Å². The molecule has 0 aliphatic carbocycles. The van der Waals surface area contributed by atoms with Gasteiger partial charge < -0.3 is 15.3 Å². The smallest absolute Gasteiger partial charge is 0.0929 e. The Kier molecular flexibility index (Phi) is 6.12. The fraction of sp³-hybridized carbons (Fsp3) is 0.600. The lowest BCUT2D eigenvalue weighted by molar-refractivity contribution is 0.163. The molecule has 1 aromatic carbocycles. The van der Waals surface area contributed by atoms with Crippen LogP contribution in [0.15, 0.2) is 18.2 Å². The van der Waals surface area contributed by atoms with E-state index in [9.17, 15) is 5.11 Å². The molecule has 1 aromatic rings. The van der Waals surface area contributed by atoms with Crippen molar-refractivity contribution in [3.8, 4) is 0 Å². The van der Waals surface area contributed by atoms with Crippen molar-refractivity contribution < 1.29 is 5.11 Å². The van der Waals surface area contributed by atoms with Gasteiger partial charge in [0.05, 0.1) is 6.10 Å². The molecule has 0 saturated carbocycles. The van der Waals surface area contributed by atoms with Crippen LogP contribution < -0.4 is 5.32 Å². The van der Waals surface area contributed by atoms with Gasteiger partial charge in [-0.3, -0.25) is 0 Å². The number of rotatable bonds is 5. The second-order valence-electron chi connectivity index (χ2n) is 5.61. The summed E-state index contributed by atoms with van der Waals surface area (Å²) in [5.41, 5.74) is 0.687. The Hall–Kier alpha value is -0.320. The van der Waals surface area contributed by atoms with E-state index in [0.29, 0.717) is 28.1 Å². The van der Waals surface area contributed by atoms with Gasteiger partial charge in [-0.1, -0.05) is 23.2 Å². The Bertz CT molecular complexity index is 442. The van der Waals surface area contributed by atoms with E-state index >= 15 is 0 Å². The normalized spacial score (nSPS) is 21.9. The SMILES string of the molecule is CN1CCCC(CNCC(O)c2cc(Cl)ccc2Cl)C1. The van der Waals surface area contributed by atoms with E-state index in [1.807, 2.05) is 0 Å². The number of likely N-dealkylation sites (tertiary alicyclic amines) is 1. The zero-order valence-corrected chi connectivity index (χ0v) is 13.3. The molecule has 1 saturated heterocycles. The first-order chi connectivity index (χ1) is 9.56. The van der Waals surface area contributed by atoms with Crippen LogP contribution in [0.2, 0.25) is 10.0 Å². The van der Waals surface area contributed by atoms with Crippen molar-refractivity contribution in [2.45, 2.75) is 18.9 Å². The molecular formula is C15H22Cl2N2O. The summed E-state index contributed by atoms with van der Waals surface area (Å²) in [6.07, 6.45) is 1.89. The third kappa shape index (κ3) is 4.61. The molecule has 0 amide bonds. The molecule has 1 aliphatic rings. The van der Waals surface area contributed by atoms with Crippen molar-refractivity contribution >= 4 is 23.2 Å². The largest absolute Gasteiger partial charge is 0.387 e. The number of hydrogen-bond acceptors (Lipinski definition) is 3. The average Bonchev–Trinajstić information content (AvgIpc) is 2.41. The van der Waals surface area contributed by atoms with Crippen LogP contribution in [-0.4, -0.2) is 43.2 Å². The molecule has 2 atom stereocenters. The number of benzene rings is 1. The quantitative estimate of drug-likeness (QED) is 0.876. The van der Waals surface area contributed by atoms with Crippen LogP contribution in [0.5, 0.6) is 0 Å². The molecule has 0 aromatic heterocycles. The van der Waals surface area contributed by atoms with Crippen LogP contribution >= 0.6 is 23.2 Å². The van der Waals surface area contributed by atoms with E-state index in [0.717, 1.165) is 13.1 Å². The summed E-state index contributed by atoms with van der Waals surface area (Å²) < 4.78 is 0. The zero-order valence-electron chi connectivity index (χ0n) is 11.8. The molecule has 1 fully saturated rings. The first-order valence-corrected chi connectivity index (χ1v) is 7.84. The van der Waals surface area contributed by atoms with Gasteiger partial charge in [0.1, 0.15) is 0 Å². The first-order valence-electron chi connectivity index (χ1n) is 7.08. The van der Waals surface area contributed by atoms with E-state index in [1.165, 1.54) is 19.4 Å². The lowest BCUT2D eigenvalue weighted by atomic mass is 9.98. The van der Waals surface area contributed by atoms with Crippen molar-refractivity contribution in [2.75, 3.05) is 33.2 Å². The van der Waals surface area contributed by atoms with Gasteiger partial charge in [0, 0.05) is 28.7 Å². The maximum absolute atomic E-state index is 10.2. The van der Waals surface area contributed by atoms with Gasteiger partial charge in [-0.2, -0.15) is 0 Å². The molecule has 3 nitrogen and oxygen atoms in total. The Morgan fingerprint density at radius 1 is 1.45 bits per heavy atom. The van der Waals surface area contributed by atoms with Crippen LogP contribution in [0.3, 0.4) is 0 Å². The first kappa shape index (κ1) is 16.1. The van der Waals surface area contributed by atoms with E-state index in [1.54, 1.807) is 18.2 Å². The van der Waals surface area contributed by atoms with Crippen molar-refractivity contribution in [2.24, 2.45) is 5.92 Å². The van der Waals surface area contributed by atoms with E-state index in [2.05, 4.69) is 17.3 Å². The van der Waals surface area contributed by atoms with Crippen LogP contribution in [-0.2, 0) is 0 Å². The summed E-state index contributed by atoms with van der Waals surface area (Å²) in [5.74, 6) is 0.663. The summed E-state index contributed by atoms with van der Waals surface area (Å²) in [6.45, 7) is 3.75. The fourth-order valence-electron chi connectivity index (χ4n) is 2.74. The second-order valence-corrected chi connectivity index (χ2v) is 6.45. The van der Waals surface area contributed by atoms with Crippen LogP contribution in [0.4, 0.5) is 0 Å². The minimum atomic E-state index is -0.623. The molecule has 0 spiro atoms. The number of halogens is 2. The fourth-order valence-corrected chi connectivity index (χ4v) is 3.17. The van der Waals surface area contributed by atoms with Crippen molar-refractivity contribution in [1.82, 2.24) is 10.2 Å². The van der Waals surface area contributed by atoms with Crippen LogP contribution in [0.1, 0.15) is 24.5 Å². The monoisotopic (exact) mass is 316 g/mol. The number of piperidine rings is 1. The molecule has 1 aliphatic heterocycles. The highest BCUT2D eigenvalue weighted by atomic mass is 35.5. The summed E-state index contributed by atoms with van der Waals surface area (Å²) >= 11 is 12.0. The second kappa shape index (κ2) is 7.62. The molecule has 5 heteroatoms. The van der Waals surface area contributed by atoms with Crippen molar-refractivity contribution in [3.05, 3.63) is 33.8 Å². The Morgan fingerprint density at radius 2 is 2.25 bits per heavy atom. The highest BCUT2D eigenvalue weighted by Crippen LogP contribution is 2.26. The number of nitrogens with one attached hydrogen (secondary N) is 1. The van der Waals surface area contributed by atoms with Gasteiger partial charge in [-0.05, 0) is 57.1 Å². The van der Waals surface area contributed by atoms with Crippen molar-refractivity contribution in [1.29, 1.82) is 0 Å². The molecule has 112 valence electrons. The zero-order chi connectivity index (χ0) is 14.5. The summed E-state index contributed by atoms with van der Waals surface area (Å²) in [7, 11) is 2.16. The lowest BCUT2D eigenvalue weighted by Gasteiger charge is -2.30. The minimum Gasteiger partial charge on any atom is -0.387 e. The van der Waals surface area contributed by atoms with Crippen LogP contribution in [0, 0.1) is 5.92 Å². The van der Waals surface area contributed by atoms with Gasteiger partial charge in [0.15, 0.2) is 0 Å². The van der Waals surface area contributed by atoms with Gasteiger partial charge in [-0.25, -0.2) is 0 Å². The third-order valence-electron chi connectivity index (χ3n) is 3.81. The maximum atomic E-state index is 10.2. The molecule has 2 rings (SSSR count). The number of aliphatic hydroxyl groups is 1. The molecule has 2 N–H and O–H groups in total. The molecule has 0 radical (unpaired) electrons. The Labute approximate surface area is 130 Å². The molecule has 20 heavy (non-hydrogen) atoms. The molecular weight excluding hydrogens is 295 g/mol. The van der Waals surface area contributed by atoms with E-state index < -0.39 is 6.10 Å². The minimum absolute atomic E-state index is 0.500. The topological polar surface area (TPSA) is 35.5 Å². The van der Waals surface area contributed by atoms with Gasteiger partial charge in [-0.15, -0.1) is 0 Å². The van der Waals surface area contributed by atoms with Crippen molar-refractivity contribution in [3.63, 3.8) is 0 Å². The third-order valence-corrected chi connectivity index (χ3v) is 4.39. The highest BCUT2D eigenvalue weighted by molar-refractivity contribution is 6.33. The highest BCUT2D eigenvalue weighted by Gasteiger charge is 2.18. The lowest BCUT2D eigenvalue weighted by Crippen LogP contribution is -2.38. The summed E-state index contributed by atoms with van der Waals surface area (Å²) in [5, 5.41) is 14.7. The molecule has 1 heterocycles. The molecule has 0 bridgehead atoms. The van der Waals surface area contributed by atoms with Gasteiger partial charge in [0.2, 0.25) is 0 Å². The predicted molar refractivity (Wildman–Crippen MR) is 84.5 cm³/mol. The Morgan fingerprint density at radius 3 is 3.00 bits per heavy atom. The van der Waals surface area contributed by atoms with Crippen LogP contribution in [0.25, 0.3) is 0 Å². The number of hydrogen-bond donors (Lipinski definition) is 2. The predicted octanol–water partition coefficient (Wildman–Crippen LogP) is 2.96. The summed E-state index contributed by atoms with van der Waals surface area (Å²) in [6, 6.07) is 5.18. The molecule has 2 unspecified atom stereocenters. The Balaban J connectivity index is 1.80. The van der Waals surface area contributed by atoms with E-state index in [4.69, 9.17) is 23.2 Å². The summed E-state index contributed by atoms with van der Waals surface area (Å²) in [4.78, 5) is 2.36. The van der Waals surface area contributed by atoms with E-state index in [-0.39, 0.29) is 0 Å². The average molecular weight is 317 g/mol. The maximum Gasteiger partial charge on any atom is 0.0929 e.